The van der Waals surface area contributed by atoms with Gasteiger partial charge in [-0.05, 0) is 39.7 Å². The molecule has 32 heavy (non-hydrogen) atoms. The van der Waals surface area contributed by atoms with Crippen molar-refractivity contribution in [2.45, 2.75) is 69.5 Å². The molecular weight excluding hydrogens is 420 g/mol. The number of hydrogen-bond acceptors (Lipinski definition) is 5. The van der Waals surface area contributed by atoms with Gasteiger partial charge >= 0.3 is 0 Å². The monoisotopic (exact) mass is 447 g/mol. The van der Waals surface area contributed by atoms with Gasteiger partial charge < -0.3 is 9.64 Å². The zero-order valence-corrected chi connectivity index (χ0v) is 18.5. The maximum atomic E-state index is 15.6. The van der Waals surface area contributed by atoms with E-state index in [-0.39, 0.29) is 56.3 Å². The molecule has 4 aliphatic heterocycles. The highest BCUT2D eigenvalue weighted by molar-refractivity contribution is 6.05. The van der Waals surface area contributed by atoms with E-state index in [2.05, 4.69) is 5.32 Å². The number of amides is 3. The number of fused-ring (bicyclic) bond motifs is 4. The summed E-state index contributed by atoms with van der Waals surface area (Å²) in [5, 5.41) is 2.27. The van der Waals surface area contributed by atoms with Gasteiger partial charge in [-0.15, -0.1) is 0 Å². The lowest BCUT2D eigenvalue weighted by molar-refractivity contribution is -0.148. The number of carbonyl (C=O) groups is 3. The molecule has 7 nitrogen and oxygen atoms in total. The largest absolute Gasteiger partial charge is 0.492 e. The van der Waals surface area contributed by atoms with Crippen molar-refractivity contribution in [1.29, 1.82) is 0 Å². The first-order valence-electron chi connectivity index (χ1n) is 11.0. The van der Waals surface area contributed by atoms with E-state index < -0.39 is 23.3 Å². The Balaban J connectivity index is 1.48. The van der Waals surface area contributed by atoms with Crippen molar-refractivity contribution in [2.75, 3.05) is 19.7 Å². The summed E-state index contributed by atoms with van der Waals surface area (Å²) in [6, 6.07) is 2.44. The van der Waals surface area contributed by atoms with Crippen LogP contribution in [-0.4, -0.2) is 64.7 Å². The number of piperidine rings is 2. The normalized spacial score (nSPS) is 29.7. The molecular formula is C23H27F2N3O4. The van der Waals surface area contributed by atoms with Crippen LogP contribution in [0.25, 0.3) is 0 Å². The molecule has 3 amide bonds. The van der Waals surface area contributed by atoms with Crippen molar-refractivity contribution in [1.82, 2.24) is 15.1 Å². The molecule has 0 aliphatic carbocycles. The number of rotatable bonds is 1. The van der Waals surface area contributed by atoms with Crippen LogP contribution in [-0.2, 0) is 21.5 Å². The number of alkyl halides is 2. The van der Waals surface area contributed by atoms with Crippen LogP contribution in [0.15, 0.2) is 12.1 Å². The summed E-state index contributed by atoms with van der Waals surface area (Å²) in [7, 11) is 0. The molecule has 0 aromatic heterocycles. The molecule has 172 valence electrons. The smallest absolute Gasteiger partial charge is 0.273 e. The number of carbonyl (C=O) groups excluding carboxylic acids is 3. The molecule has 1 aromatic carbocycles. The second-order valence-corrected chi connectivity index (χ2v) is 10.3. The first-order valence-corrected chi connectivity index (χ1v) is 11.0. The predicted octanol–water partition coefficient (Wildman–Crippen LogP) is 2.22. The number of nitrogens with zero attached hydrogens (tertiary/aromatic N) is 2. The van der Waals surface area contributed by atoms with Crippen molar-refractivity contribution >= 4 is 17.7 Å². The van der Waals surface area contributed by atoms with Gasteiger partial charge in [0.2, 0.25) is 11.8 Å². The minimum absolute atomic E-state index is 0.111. The van der Waals surface area contributed by atoms with Gasteiger partial charge in [-0.1, -0.05) is 6.07 Å². The Kier molecular flexibility index (Phi) is 4.48. The number of imide groups is 1. The van der Waals surface area contributed by atoms with E-state index in [1.165, 1.54) is 4.90 Å². The highest BCUT2D eigenvalue weighted by Gasteiger charge is 2.63. The zero-order chi connectivity index (χ0) is 23.1. The lowest BCUT2D eigenvalue weighted by atomic mass is 9.70. The summed E-state index contributed by atoms with van der Waals surface area (Å²) in [6.45, 7) is 5.96. The fourth-order valence-electron chi connectivity index (χ4n) is 5.49. The number of nitrogens with one attached hydrogen (secondary N) is 1. The molecule has 1 N–H and O–H groups in total. The molecule has 0 bridgehead atoms. The van der Waals surface area contributed by atoms with Gasteiger partial charge in [-0.3, -0.25) is 24.6 Å². The third-order valence-electron chi connectivity index (χ3n) is 7.49. The van der Waals surface area contributed by atoms with Crippen LogP contribution in [0.2, 0.25) is 0 Å². The van der Waals surface area contributed by atoms with E-state index in [1.54, 1.807) is 17.0 Å². The lowest BCUT2D eigenvalue weighted by Gasteiger charge is -2.49. The van der Waals surface area contributed by atoms with Gasteiger partial charge in [0, 0.05) is 35.2 Å². The van der Waals surface area contributed by atoms with Crippen molar-refractivity contribution < 1.29 is 27.9 Å². The first kappa shape index (κ1) is 21.3. The van der Waals surface area contributed by atoms with Crippen molar-refractivity contribution in [3.8, 4) is 5.75 Å². The summed E-state index contributed by atoms with van der Waals surface area (Å²) in [5.74, 6) is -3.84. The Labute approximate surface area is 185 Å². The SMILES string of the molecule is CC(C)(C)N1CCC2(COc3c2ccc2c3CN(C3CCC(=O)NC3=O)C2=O)C(F)(F)C1. The van der Waals surface area contributed by atoms with E-state index in [0.717, 1.165) is 0 Å². The van der Waals surface area contributed by atoms with Crippen LogP contribution in [0.3, 0.4) is 0 Å². The van der Waals surface area contributed by atoms with E-state index in [9.17, 15) is 14.4 Å². The topological polar surface area (TPSA) is 79.0 Å². The minimum Gasteiger partial charge on any atom is -0.492 e. The highest BCUT2D eigenvalue weighted by atomic mass is 19.3. The Hall–Kier alpha value is -2.55. The fraction of sp³-hybridized carbons (Fsp3) is 0.609. The van der Waals surface area contributed by atoms with E-state index >= 15 is 8.78 Å². The molecule has 2 saturated heterocycles. The summed E-state index contributed by atoms with van der Waals surface area (Å²) >= 11 is 0. The Morgan fingerprint density at radius 2 is 1.94 bits per heavy atom. The Morgan fingerprint density at radius 3 is 2.59 bits per heavy atom. The average Bonchev–Trinajstić information content (AvgIpc) is 3.23. The third kappa shape index (κ3) is 2.89. The molecule has 2 unspecified atom stereocenters. The number of benzene rings is 1. The molecule has 4 heterocycles. The molecule has 2 fully saturated rings. The maximum Gasteiger partial charge on any atom is 0.273 e. The number of ether oxygens (including phenoxy) is 1. The van der Waals surface area contributed by atoms with Gasteiger partial charge in [0.1, 0.15) is 18.4 Å². The van der Waals surface area contributed by atoms with Gasteiger partial charge in [-0.2, -0.15) is 0 Å². The maximum absolute atomic E-state index is 15.6. The molecule has 0 saturated carbocycles. The molecule has 4 aliphatic rings. The molecule has 2 atom stereocenters. The van der Waals surface area contributed by atoms with Gasteiger partial charge in [0.15, 0.2) is 0 Å². The standard InChI is InChI=1S/C23H27F2N3O4/c1-21(2,3)27-9-8-22(23(24,25)11-27)12-32-18-14-10-28(16-6-7-17(29)26-19(16)30)20(31)13(14)4-5-15(18)22/h4-5,16H,6-12H2,1-3H3,(H,26,29,30). The number of halogens is 2. The number of hydrogen-bond donors (Lipinski definition) is 1. The Bertz CT molecular complexity index is 1030. The van der Waals surface area contributed by atoms with E-state index in [4.69, 9.17) is 4.74 Å². The number of likely N-dealkylation sites (tertiary alicyclic amines) is 1. The van der Waals surface area contributed by atoms with Crippen LogP contribution in [0.4, 0.5) is 8.78 Å². The highest BCUT2D eigenvalue weighted by Crippen LogP contribution is 2.55. The summed E-state index contributed by atoms with van der Waals surface area (Å²) < 4.78 is 37.1. The van der Waals surface area contributed by atoms with Crippen LogP contribution >= 0.6 is 0 Å². The summed E-state index contributed by atoms with van der Waals surface area (Å²) in [4.78, 5) is 40.0. The molecule has 1 aromatic rings. The van der Waals surface area contributed by atoms with Crippen LogP contribution in [0.1, 0.15) is 61.5 Å². The zero-order valence-electron chi connectivity index (χ0n) is 18.5. The van der Waals surface area contributed by atoms with Crippen LogP contribution in [0, 0.1) is 0 Å². The summed E-state index contributed by atoms with van der Waals surface area (Å²) in [6.07, 6.45) is 0.663. The van der Waals surface area contributed by atoms with Crippen molar-refractivity contribution in [2.24, 2.45) is 0 Å². The Morgan fingerprint density at radius 1 is 1.19 bits per heavy atom. The van der Waals surface area contributed by atoms with Gasteiger partial charge in [0.25, 0.3) is 11.8 Å². The fourth-order valence-corrected chi connectivity index (χ4v) is 5.49. The van der Waals surface area contributed by atoms with E-state index in [1.807, 2.05) is 20.8 Å². The van der Waals surface area contributed by atoms with Gasteiger partial charge in [0.05, 0.1) is 18.5 Å². The summed E-state index contributed by atoms with van der Waals surface area (Å²) in [5.41, 5.74) is -0.401. The van der Waals surface area contributed by atoms with Crippen LogP contribution < -0.4 is 10.1 Å². The first-order chi connectivity index (χ1) is 14.9. The van der Waals surface area contributed by atoms with Crippen LogP contribution in [0.5, 0.6) is 5.75 Å². The minimum atomic E-state index is -3.00. The average molecular weight is 447 g/mol. The molecule has 9 heteroatoms. The third-order valence-corrected chi connectivity index (χ3v) is 7.49. The second-order valence-electron chi connectivity index (χ2n) is 10.3. The predicted molar refractivity (Wildman–Crippen MR) is 111 cm³/mol. The van der Waals surface area contributed by atoms with Gasteiger partial charge in [-0.25, -0.2) is 8.78 Å². The molecule has 0 radical (unpaired) electrons. The van der Waals surface area contributed by atoms with E-state index in [0.29, 0.717) is 29.0 Å². The molecule has 5 rings (SSSR count). The van der Waals surface area contributed by atoms with Crippen molar-refractivity contribution in [3.05, 3.63) is 28.8 Å². The van der Waals surface area contributed by atoms with Crippen molar-refractivity contribution in [3.63, 3.8) is 0 Å². The lowest BCUT2D eigenvalue weighted by Crippen LogP contribution is -2.62. The molecule has 1 spiro atoms. The second kappa shape index (κ2) is 6.73. The quantitative estimate of drug-likeness (QED) is 0.668.